The second-order valence-corrected chi connectivity index (χ2v) is 3.17. The lowest BCUT2D eigenvalue weighted by atomic mass is 10.1. The lowest BCUT2D eigenvalue weighted by Crippen LogP contribution is -2.37. The number of piperidine rings is 1. The van der Waals surface area contributed by atoms with Crippen molar-refractivity contribution < 1.29 is 9.53 Å². The summed E-state index contributed by atoms with van der Waals surface area (Å²) in [7, 11) is 0. The quantitative estimate of drug-likeness (QED) is 0.630. The fraction of sp³-hybridized carbons (Fsp3) is 0.875. The van der Waals surface area contributed by atoms with E-state index in [9.17, 15) is 4.79 Å². The zero-order chi connectivity index (χ0) is 8.97. The highest BCUT2D eigenvalue weighted by atomic mass is 35.5. The molecular formula is C8H17ClN2O2. The van der Waals surface area contributed by atoms with E-state index in [0.717, 1.165) is 25.9 Å². The van der Waals surface area contributed by atoms with Crippen molar-refractivity contribution in [3.63, 3.8) is 0 Å². The molecule has 1 aliphatic heterocycles. The number of carbonyl (C=O) groups excluding carboxylic acids is 1. The summed E-state index contributed by atoms with van der Waals surface area (Å²) >= 11 is 0. The van der Waals surface area contributed by atoms with E-state index in [1.807, 2.05) is 0 Å². The zero-order valence-electron chi connectivity index (χ0n) is 7.79. The van der Waals surface area contributed by atoms with Gasteiger partial charge in [-0.05, 0) is 32.9 Å². The molecule has 0 bridgehead atoms. The number of hydrogen-bond donors (Lipinski definition) is 2. The smallest absolute Gasteiger partial charge is 0.322 e. The normalized spacial score (nSPS) is 20.2. The molecule has 0 aromatic heterocycles. The number of nitrogens with one attached hydrogen (secondary N) is 1. The van der Waals surface area contributed by atoms with E-state index in [4.69, 9.17) is 10.5 Å². The lowest BCUT2D eigenvalue weighted by Gasteiger charge is -2.23. The van der Waals surface area contributed by atoms with Gasteiger partial charge in [0.1, 0.15) is 12.1 Å². The average Bonchev–Trinajstić information content (AvgIpc) is 2.06. The SMILES string of the molecule is C[C@H](N)C(=O)OC1CCNCC1.Cl. The third-order valence-electron chi connectivity index (χ3n) is 1.94. The summed E-state index contributed by atoms with van der Waals surface area (Å²) in [5, 5.41) is 3.19. The van der Waals surface area contributed by atoms with Crippen molar-refractivity contribution in [3.05, 3.63) is 0 Å². The molecule has 0 radical (unpaired) electrons. The zero-order valence-corrected chi connectivity index (χ0v) is 8.60. The number of ether oxygens (including phenoxy) is 1. The second-order valence-electron chi connectivity index (χ2n) is 3.17. The van der Waals surface area contributed by atoms with Crippen LogP contribution in [0.2, 0.25) is 0 Å². The molecule has 0 aromatic rings. The predicted molar refractivity (Wildman–Crippen MR) is 52.9 cm³/mol. The average molecular weight is 209 g/mol. The van der Waals surface area contributed by atoms with Gasteiger partial charge >= 0.3 is 5.97 Å². The molecule has 5 heteroatoms. The van der Waals surface area contributed by atoms with Crippen molar-refractivity contribution in [3.8, 4) is 0 Å². The Labute approximate surface area is 84.6 Å². The minimum absolute atomic E-state index is 0. The van der Waals surface area contributed by atoms with Crippen molar-refractivity contribution in [2.24, 2.45) is 5.73 Å². The third kappa shape index (κ3) is 4.45. The molecule has 0 aliphatic carbocycles. The first-order chi connectivity index (χ1) is 5.70. The molecule has 1 fully saturated rings. The summed E-state index contributed by atoms with van der Waals surface area (Å²) in [5.41, 5.74) is 5.36. The van der Waals surface area contributed by atoms with Gasteiger partial charge in [0, 0.05) is 0 Å². The maximum Gasteiger partial charge on any atom is 0.322 e. The van der Waals surface area contributed by atoms with Gasteiger partial charge in [0.2, 0.25) is 0 Å². The summed E-state index contributed by atoms with van der Waals surface area (Å²) in [6.45, 7) is 3.50. The van der Waals surface area contributed by atoms with Crippen molar-refractivity contribution >= 4 is 18.4 Å². The Balaban J connectivity index is 0.00000144. The topological polar surface area (TPSA) is 64.4 Å². The Kier molecular flexibility index (Phi) is 6.03. The molecule has 78 valence electrons. The first kappa shape index (κ1) is 12.7. The van der Waals surface area contributed by atoms with Gasteiger partial charge in [-0.1, -0.05) is 0 Å². The molecule has 0 saturated carbocycles. The molecule has 4 nitrogen and oxygen atoms in total. The number of nitrogens with two attached hydrogens (primary N) is 1. The molecule has 1 aliphatic rings. The Morgan fingerprint density at radius 2 is 2.08 bits per heavy atom. The molecule has 0 unspecified atom stereocenters. The monoisotopic (exact) mass is 208 g/mol. The van der Waals surface area contributed by atoms with E-state index in [2.05, 4.69) is 5.32 Å². The van der Waals surface area contributed by atoms with Crippen LogP contribution in [0.15, 0.2) is 0 Å². The Bertz CT molecular complexity index is 158. The molecule has 1 saturated heterocycles. The molecule has 0 aromatic carbocycles. The molecule has 1 heterocycles. The Morgan fingerprint density at radius 3 is 2.54 bits per heavy atom. The van der Waals surface area contributed by atoms with Gasteiger partial charge in [0.05, 0.1) is 0 Å². The molecule has 0 spiro atoms. The molecule has 3 N–H and O–H groups in total. The number of halogens is 1. The van der Waals surface area contributed by atoms with Gasteiger partial charge in [-0.3, -0.25) is 4.79 Å². The fourth-order valence-corrected chi connectivity index (χ4v) is 1.18. The van der Waals surface area contributed by atoms with Gasteiger partial charge in [-0.25, -0.2) is 0 Å². The largest absolute Gasteiger partial charge is 0.461 e. The highest BCUT2D eigenvalue weighted by molar-refractivity contribution is 5.85. The third-order valence-corrected chi connectivity index (χ3v) is 1.94. The fourth-order valence-electron chi connectivity index (χ4n) is 1.18. The van der Waals surface area contributed by atoms with Crippen LogP contribution in [-0.4, -0.2) is 31.2 Å². The van der Waals surface area contributed by atoms with E-state index in [1.54, 1.807) is 6.92 Å². The van der Waals surface area contributed by atoms with Crippen molar-refractivity contribution in [1.82, 2.24) is 5.32 Å². The van der Waals surface area contributed by atoms with E-state index in [-0.39, 0.29) is 24.5 Å². The van der Waals surface area contributed by atoms with Crippen LogP contribution in [0.25, 0.3) is 0 Å². The minimum atomic E-state index is -0.500. The van der Waals surface area contributed by atoms with Crippen LogP contribution in [0.1, 0.15) is 19.8 Å². The van der Waals surface area contributed by atoms with Crippen LogP contribution in [0, 0.1) is 0 Å². The van der Waals surface area contributed by atoms with E-state index < -0.39 is 6.04 Å². The second kappa shape index (κ2) is 6.18. The number of carbonyl (C=O) groups is 1. The van der Waals surface area contributed by atoms with Gasteiger partial charge in [-0.2, -0.15) is 0 Å². The molecule has 13 heavy (non-hydrogen) atoms. The standard InChI is InChI=1S/C8H16N2O2.ClH/c1-6(9)8(11)12-7-2-4-10-5-3-7;/h6-7,10H,2-5,9H2,1H3;1H/t6-;/m0./s1. The summed E-state index contributed by atoms with van der Waals surface area (Å²) in [6.07, 6.45) is 1.88. The first-order valence-corrected chi connectivity index (χ1v) is 4.37. The van der Waals surface area contributed by atoms with Gasteiger partial charge in [-0.15, -0.1) is 12.4 Å². The van der Waals surface area contributed by atoms with E-state index in [0.29, 0.717) is 0 Å². The molecule has 1 rings (SSSR count). The maximum absolute atomic E-state index is 11.0. The number of rotatable bonds is 2. The predicted octanol–water partition coefficient (Wildman–Crippen LogP) is 0.0506. The van der Waals surface area contributed by atoms with Crippen LogP contribution >= 0.6 is 12.4 Å². The molecule has 0 amide bonds. The summed E-state index contributed by atoms with van der Waals surface area (Å²) in [4.78, 5) is 11.0. The van der Waals surface area contributed by atoms with Crippen LogP contribution < -0.4 is 11.1 Å². The highest BCUT2D eigenvalue weighted by Gasteiger charge is 2.18. The van der Waals surface area contributed by atoms with Crippen molar-refractivity contribution in [2.75, 3.05) is 13.1 Å². The summed E-state index contributed by atoms with van der Waals surface area (Å²) in [5.74, 6) is -0.290. The van der Waals surface area contributed by atoms with Crippen LogP contribution in [-0.2, 0) is 9.53 Å². The Morgan fingerprint density at radius 1 is 1.54 bits per heavy atom. The van der Waals surface area contributed by atoms with Gasteiger partial charge < -0.3 is 15.8 Å². The molecular weight excluding hydrogens is 192 g/mol. The van der Waals surface area contributed by atoms with E-state index in [1.165, 1.54) is 0 Å². The number of hydrogen-bond acceptors (Lipinski definition) is 4. The van der Waals surface area contributed by atoms with Crippen molar-refractivity contribution in [2.45, 2.75) is 31.9 Å². The van der Waals surface area contributed by atoms with Gasteiger partial charge in [0.25, 0.3) is 0 Å². The van der Waals surface area contributed by atoms with Crippen LogP contribution in [0.5, 0.6) is 0 Å². The van der Waals surface area contributed by atoms with E-state index >= 15 is 0 Å². The maximum atomic E-state index is 11.0. The van der Waals surface area contributed by atoms with Crippen LogP contribution in [0.3, 0.4) is 0 Å². The lowest BCUT2D eigenvalue weighted by molar-refractivity contribution is -0.151. The molecule has 1 atom stereocenters. The first-order valence-electron chi connectivity index (χ1n) is 4.37. The summed E-state index contributed by atoms with van der Waals surface area (Å²) in [6, 6.07) is -0.500. The van der Waals surface area contributed by atoms with Gasteiger partial charge in [0.15, 0.2) is 0 Å². The van der Waals surface area contributed by atoms with Crippen molar-refractivity contribution in [1.29, 1.82) is 0 Å². The van der Waals surface area contributed by atoms with Crippen LogP contribution in [0.4, 0.5) is 0 Å². The summed E-state index contributed by atoms with van der Waals surface area (Å²) < 4.78 is 5.15. The highest BCUT2D eigenvalue weighted by Crippen LogP contribution is 2.07. The Hall–Kier alpha value is -0.320. The minimum Gasteiger partial charge on any atom is -0.461 e. The number of esters is 1.